The number of nitrogens with one attached hydrogen (secondary N) is 1. The van der Waals surface area contributed by atoms with E-state index in [4.69, 9.17) is 0 Å². The minimum Gasteiger partial charge on any atom is -0.307 e. The maximum atomic E-state index is 12.6. The first-order valence-electron chi connectivity index (χ1n) is 10.8. The van der Waals surface area contributed by atoms with Gasteiger partial charge in [-0.15, -0.1) is 0 Å². The van der Waals surface area contributed by atoms with E-state index in [9.17, 15) is 13.2 Å². The first-order chi connectivity index (χ1) is 14.0. The monoisotopic (exact) mass is 418 g/mol. The van der Waals surface area contributed by atoms with Crippen molar-refractivity contribution >= 4 is 32.9 Å². The SMILES string of the molecule is O=C(CCCS(=O)(=O)N1CCCC1)Nc1nc2ccccc2n1C1CCCCC1. The summed E-state index contributed by atoms with van der Waals surface area (Å²) in [6.07, 6.45) is 8.20. The second-order valence-electron chi connectivity index (χ2n) is 8.16. The predicted molar refractivity (Wildman–Crippen MR) is 114 cm³/mol. The fourth-order valence-corrected chi connectivity index (χ4v) is 6.12. The van der Waals surface area contributed by atoms with Gasteiger partial charge in [0.15, 0.2) is 0 Å². The Labute approximate surface area is 172 Å². The molecule has 1 saturated carbocycles. The molecule has 1 saturated heterocycles. The van der Waals surface area contributed by atoms with Gasteiger partial charge in [-0.25, -0.2) is 17.7 Å². The largest absolute Gasteiger partial charge is 0.307 e. The lowest BCUT2D eigenvalue weighted by molar-refractivity contribution is -0.116. The molecule has 0 radical (unpaired) electrons. The Kier molecular flexibility index (Phi) is 6.20. The Morgan fingerprint density at radius 3 is 2.55 bits per heavy atom. The summed E-state index contributed by atoms with van der Waals surface area (Å²) in [7, 11) is -3.24. The van der Waals surface area contributed by atoms with E-state index < -0.39 is 10.0 Å². The maximum absolute atomic E-state index is 12.6. The summed E-state index contributed by atoms with van der Waals surface area (Å²) in [6.45, 7) is 1.22. The first-order valence-corrected chi connectivity index (χ1v) is 12.4. The number of fused-ring (bicyclic) bond motifs is 1. The van der Waals surface area contributed by atoms with Crippen LogP contribution in [0.15, 0.2) is 24.3 Å². The van der Waals surface area contributed by atoms with Crippen LogP contribution in [0.4, 0.5) is 5.95 Å². The normalized spacial score (nSPS) is 19.0. The van der Waals surface area contributed by atoms with E-state index in [2.05, 4.69) is 20.9 Å². The van der Waals surface area contributed by atoms with Gasteiger partial charge in [-0.2, -0.15) is 0 Å². The fraction of sp³-hybridized carbons (Fsp3) is 0.619. The Hall–Kier alpha value is -1.93. The molecule has 1 aromatic heterocycles. The Morgan fingerprint density at radius 2 is 1.79 bits per heavy atom. The van der Waals surface area contributed by atoms with Crippen LogP contribution in [0.5, 0.6) is 0 Å². The predicted octanol–water partition coefficient (Wildman–Crippen LogP) is 3.69. The molecule has 1 aromatic carbocycles. The molecule has 1 aliphatic heterocycles. The van der Waals surface area contributed by atoms with Crippen LogP contribution in [-0.2, 0) is 14.8 Å². The molecule has 158 valence electrons. The van der Waals surface area contributed by atoms with Gasteiger partial charge in [-0.1, -0.05) is 31.4 Å². The van der Waals surface area contributed by atoms with Gasteiger partial charge in [0.25, 0.3) is 0 Å². The first kappa shape index (κ1) is 20.3. The van der Waals surface area contributed by atoms with Gasteiger partial charge in [-0.05, 0) is 44.2 Å². The molecule has 29 heavy (non-hydrogen) atoms. The number of aromatic nitrogens is 2. The number of nitrogens with zero attached hydrogens (tertiary/aromatic N) is 3. The third kappa shape index (κ3) is 4.64. The van der Waals surface area contributed by atoms with E-state index in [0.29, 0.717) is 31.5 Å². The number of hydrogen-bond acceptors (Lipinski definition) is 4. The van der Waals surface area contributed by atoms with Crippen LogP contribution >= 0.6 is 0 Å². The number of hydrogen-bond donors (Lipinski definition) is 1. The molecule has 8 heteroatoms. The van der Waals surface area contributed by atoms with Crippen molar-refractivity contribution in [1.29, 1.82) is 0 Å². The second-order valence-corrected chi connectivity index (χ2v) is 10.2. The quantitative estimate of drug-likeness (QED) is 0.743. The number of benzene rings is 1. The average molecular weight is 419 g/mol. The summed E-state index contributed by atoms with van der Waals surface area (Å²) >= 11 is 0. The number of carbonyl (C=O) groups is 1. The summed E-state index contributed by atoms with van der Waals surface area (Å²) in [5, 5.41) is 2.96. The van der Waals surface area contributed by atoms with Crippen LogP contribution in [-0.4, -0.2) is 47.0 Å². The third-order valence-electron chi connectivity index (χ3n) is 6.05. The molecule has 0 bridgehead atoms. The highest BCUT2D eigenvalue weighted by molar-refractivity contribution is 7.89. The fourth-order valence-electron chi connectivity index (χ4n) is 4.54. The summed E-state index contributed by atoms with van der Waals surface area (Å²) in [5.41, 5.74) is 1.93. The zero-order valence-corrected chi connectivity index (χ0v) is 17.7. The molecule has 1 amide bonds. The van der Waals surface area contributed by atoms with Gasteiger partial charge in [0.1, 0.15) is 0 Å². The van der Waals surface area contributed by atoms with Gasteiger partial charge < -0.3 is 4.57 Å². The van der Waals surface area contributed by atoms with Crippen molar-refractivity contribution < 1.29 is 13.2 Å². The lowest BCUT2D eigenvalue weighted by Gasteiger charge is -2.25. The number of para-hydroxylation sites is 2. The lowest BCUT2D eigenvalue weighted by Crippen LogP contribution is -2.30. The standard InChI is InChI=1S/C21H30N4O3S/c26-20(13-8-16-29(27,28)24-14-6-7-15-24)23-21-22-18-11-4-5-12-19(18)25(21)17-9-2-1-3-10-17/h4-5,11-12,17H,1-3,6-10,13-16H2,(H,22,23,26). The van der Waals surface area contributed by atoms with Crippen molar-refractivity contribution in [3.05, 3.63) is 24.3 Å². The minimum absolute atomic E-state index is 0.0272. The summed E-state index contributed by atoms with van der Waals surface area (Å²) in [5.74, 6) is 0.443. The lowest BCUT2D eigenvalue weighted by atomic mass is 9.95. The maximum Gasteiger partial charge on any atom is 0.226 e. The van der Waals surface area contributed by atoms with Crippen LogP contribution < -0.4 is 5.32 Å². The molecule has 2 aromatic rings. The molecule has 0 unspecified atom stereocenters. The molecule has 0 atom stereocenters. The molecule has 2 aliphatic rings. The molecule has 2 heterocycles. The van der Waals surface area contributed by atoms with Crippen molar-refractivity contribution in [3.63, 3.8) is 0 Å². The number of anilines is 1. The highest BCUT2D eigenvalue weighted by atomic mass is 32.2. The number of imidazole rings is 1. The van der Waals surface area contributed by atoms with E-state index >= 15 is 0 Å². The molecule has 1 N–H and O–H groups in total. The molecule has 2 fully saturated rings. The van der Waals surface area contributed by atoms with E-state index in [1.54, 1.807) is 4.31 Å². The van der Waals surface area contributed by atoms with Crippen LogP contribution in [0, 0.1) is 0 Å². The van der Waals surface area contributed by atoms with E-state index in [1.165, 1.54) is 19.3 Å². The van der Waals surface area contributed by atoms with Crippen molar-refractivity contribution in [1.82, 2.24) is 13.9 Å². The van der Waals surface area contributed by atoms with Crippen molar-refractivity contribution in [2.75, 3.05) is 24.2 Å². The zero-order chi connectivity index (χ0) is 20.3. The highest BCUT2D eigenvalue weighted by Gasteiger charge is 2.25. The number of amides is 1. The van der Waals surface area contributed by atoms with Gasteiger partial charge in [0.05, 0.1) is 16.8 Å². The average Bonchev–Trinajstić information content (AvgIpc) is 3.37. The molecule has 0 spiro atoms. The number of sulfonamides is 1. The van der Waals surface area contributed by atoms with E-state index in [-0.39, 0.29) is 18.1 Å². The van der Waals surface area contributed by atoms with Crippen molar-refractivity contribution in [2.45, 2.75) is 63.8 Å². The van der Waals surface area contributed by atoms with Gasteiger partial charge >= 0.3 is 0 Å². The van der Waals surface area contributed by atoms with Crippen LogP contribution in [0.3, 0.4) is 0 Å². The van der Waals surface area contributed by atoms with Gasteiger partial charge in [0.2, 0.25) is 21.9 Å². The van der Waals surface area contributed by atoms with Crippen LogP contribution in [0.25, 0.3) is 11.0 Å². The van der Waals surface area contributed by atoms with Crippen LogP contribution in [0.1, 0.15) is 63.8 Å². The summed E-state index contributed by atoms with van der Waals surface area (Å²) < 4.78 is 28.4. The molecule has 4 rings (SSSR count). The molecular formula is C21H30N4O3S. The van der Waals surface area contributed by atoms with Crippen molar-refractivity contribution in [2.24, 2.45) is 0 Å². The van der Waals surface area contributed by atoms with E-state index in [0.717, 1.165) is 36.7 Å². The van der Waals surface area contributed by atoms with Crippen molar-refractivity contribution in [3.8, 4) is 0 Å². The molecule has 7 nitrogen and oxygen atoms in total. The Morgan fingerprint density at radius 1 is 1.07 bits per heavy atom. The molecular weight excluding hydrogens is 388 g/mol. The summed E-state index contributed by atoms with van der Waals surface area (Å²) in [4.78, 5) is 17.2. The highest BCUT2D eigenvalue weighted by Crippen LogP contribution is 2.34. The number of rotatable bonds is 7. The second kappa shape index (κ2) is 8.83. The topological polar surface area (TPSA) is 84.3 Å². The smallest absolute Gasteiger partial charge is 0.226 e. The zero-order valence-electron chi connectivity index (χ0n) is 16.8. The molecule has 1 aliphatic carbocycles. The van der Waals surface area contributed by atoms with Gasteiger partial charge in [0, 0.05) is 25.6 Å². The third-order valence-corrected chi connectivity index (χ3v) is 8.01. The number of carbonyl (C=O) groups excluding carboxylic acids is 1. The van der Waals surface area contributed by atoms with Crippen LogP contribution in [0.2, 0.25) is 0 Å². The Bertz CT molecular complexity index is 957. The minimum atomic E-state index is -3.24. The Balaban J connectivity index is 1.42. The summed E-state index contributed by atoms with van der Waals surface area (Å²) in [6, 6.07) is 8.32. The van der Waals surface area contributed by atoms with E-state index in [1.807, 2.05) is 18.2 Å². The van der Waals surface area contributed by atoms with Gasteiger partial charge in [-0.3, -0.25) is 10.1 Å².